The fraction of sp³-hybridized carbons (Fsp3) is 0.949. The van der Waals surface area contributed by atoms with Crippen LogP contribution in [-0.4, -0.2) is 96.7 Å². The molecule has 5 atom stereocenters. The quantitative estimate of drug-likeness (QED) is 0.0222. The number of ether oxygens (including phenoxy) is 4. The van der Waals surface area contributed by atoms with Crippen molar-refractivity contribution >= 4 is 39.5 Å². The van der Waals surface area contributed by atoms with Gasteiger partial charge in [-0.2, -0.15) is 0 Å². The third-order valence-corrected chi connectivity index (χ3v) is 20.4. The first-order valence-corrected chi connectivity index (χ1v) is 44.0. The zero-order valence-corrected chi connectivity index (χ0v) is 65.9. The summed E-state index contributed by atoms with van der Waals surface area (Å²) in [5.41, 5.74) is 0. The number of aliphatic hydroxyl groups is 1. The largest absolute Gasteiger partial charge is 0.472 e. The zero-order chi connectivity index (χ0) is 72.1. The van der Waals surface area contributed by atoms with Gasteiger partial charge in [0, 0.05) is 25.7 Å². The Morgan fingerprint density at radius 3 is 0.694 bits per heavy atom. The first-order chi connectivity index (χ1) is 47.4. The van der Waals surface area contributed by atoms with Gasteiger partial charge < -0.3 is 33.8 Å². The van der Waals surface area contributed by atoms with Gasteiger partial charge in [-0.25, -0.2) is 9.13 Å². The van der Waals surface area contributed by atoms with Crippen LogP contribution in [0, 0.1) is 11.8 Å². The maximum atomic E-state index is 13.1. The standard InChI is InChI=1S/C79H154O17P2/c1-7-9-11-13-15-17-19-26-32-39-45-51-57-63-78(83)95-74(67-89-76(81)61-55-49-43-37-18-16-14-12-10-8-2)69-93-97(85,86)91-65-73(80)66-92-98(87,88)94-70-75(68-90-77(82)62-56-50-44-38-34-29-31-36-42-48-54-60-72(5)6)96-79(84)64-58-52-46-40-33-28-25-23-21-20-22-24-27-30-35-41-47-53-59-71(3)4/h71-75,80H,7-70H2,1-6H3,(H,85,86)(H,87,88)/t73-,74+,75+/m0/s1. The Kier molecular flexibility index (Phi) is 69.3. The highest BCUT2D eigenvalue weighted by molar-refractivity contribution is 7.47. The fourth-order valence-corrected chi connectivity index (χ4v) is 13.8. The Morgan fingerprint density at radius 1 is 0.276 bits per heavy atom. The van der Waals surface area contributed by atoms with Crippen LogP contribution in [0.5, 0.6) is 0 Å². The summed E-state index contributed by atoms with van der Waals surface area (Å²) >= 11 is 0. The molecule has 0 rings (SSSR count). The van der Waals surface area contributed by atoms with Crippen LogP contribution in [0.15, 0.2) is 0 Å². The minimum absolute atomic E-state index is 0.108. The smallest absolute Gasteiger partial charge is 0.462 e. The average molecular weight is 1440 g/mol. The number of aliphatic hydroxyl groups excluding tert-OH is 1. The molecule has 0 saturated heterocycles. The average Bonchev–Trinajstić information content (AvgIpc) is 1.04. The van der Waals surface area contributed by atoms with Crippen molar-refractivity contribution in [2.45, 2.75) is 432 Å². The molecule has 0 aromatic heterocycles. The summed E-state index contributed by atoms with van der Waals surface area (Å²) in [6.45, 7) is 9.65. The number of carbonyl (C=O) groups is 4. The highest BCUT2D eigenvalue weighted by Gasteiger charge is 2.30. The third kappa shape index (κ3) is 72.4. The summed E-state index contributed by atoms with van der Waals surface area (Å²) in [5.74, 6) is -0.519. The van der Waals surface area contributed by atoms with E-state index < -0.39 is 97.5 Å². The maximum Gasteiger partial charge on any atom is 0.472 e. The monoisotopic (exact) mass is 1440 g/mol. The van der Waals surface area contributed by atoms with Crippen LogP contribution in [0.2, 0.25) is 0 Å². The molecule has 0 amide bonds. The molecular weight excluding hydrogens is 1280 g/mol. The molecule has 0 spiro atoms. The SMILES string of the molecule is CCCCCCCCCCCCCCCC(=O)O[C@H](COC(=O)CCCCCCCCCCCC)COP(=O)(O)OC[C@H](O)COP(=O)(O)OC[C@@H](COC(=O)CCCCCCCCCCCCCC(C)C)OC(=O)CCCCCCCCCCCCCCCCCCCCC(C)C. The summed E-state index contributed by atoms with van der Waals surface area (Å²) in [5, 5.41) is 10.6. The van der Waals surface area contributed by atoms with Crippen molar-refractivity contribution in [3.05, 3.63) is 0 Å². The molecule has 0 aromatic rings. The zero-order valence-electron chi connectivity index (χ0n) is 64.1. The fourth-order valence-electron chi connectivity index (χ4n) is 12.2. The van der Waals surface area contributed by atoms with Crippen molar-refractivity contribution in [2.24, 2.45) is 11.8 Å². The lowest BCUT2D eigenvalue weighted by molar-refractivity contribution is -0.161. The molecule has 0 heterocycles. The summed E-state index contributed by atoms with van der Waals surface area (Å²) in [6, 6.07) is 0. The number of hydrogen-bond donors (Lipinski definition) is 3. The van der Waals surface area contributed by atoms with E-state index in [1.165, 1.54) is 231 Å². The van der Waals surface area contributed by atoms with Crippen LogP contribution in [0.4, 0.5) is 0 Å². The highest BCUT2D eigenvalue weighted by Crippen LogP contribution is 2.45. The molecule has 98 heavy (non-hydrogen) atoms. The predicted molar refractivity (Wildman–Crippen MR) is 400 cm³/mol. The van der Waals surface area contributed by atoms with E-state index in [2.05, 4.69) is 41.5 Å². The molecule has 17 nitrogen and oxygen atoms in total. The molecule has 3 N–H and O–H groups in total. The Balaban J connectivity index is 5.21. The molecule has 0 aromatic carbocycles. The highest BCUT2D eigenvalue weighted by atomic mass is 31.2. The number of carbonyl (C=O) groups excluding carboxylic acids is 4. The summed E-state index contributed by atoms with van der Waals surface area (Å²) < 4.78 is 68.6. The van der Waals surface area contributed by atoms with Gasteiger partial charge in [0.25, 0.3) is 0 Å². The predicted octanol–water partition coefficient (Wildman–Crippen LogP) is 23.5. The normalized spacial score (nSPS) is 13.9. The van der Waals surface area contributed by atoms with Crippen LogP contribution < -0.4 is 0 Å². The van der Waals surface area contributed by atoms with Crippen molar-refractivity contribution in [2.75, 3.05) is 39.6 Å². The molecule has 2 unspecified atom stereocenters. The van der Waals surface area contributed by atoms with Crippen LogP contribution in [0.1, 0.15) is 414 Å². The number of unbranched alkanes of at least 4 members (excludes halogenated alkanes) is 48. The van der Waals surface area contributed by atoms with Gasteiger partial charge in [-0.3, -0.25) is 37.3 Å². The molecule has 0 aliphatic rings. The molecule has 582 valence electrons. The molecular formula is C79H154O17P2. The van der Waals surface area contributed by atoms with Crippen molar-refractivity contribution in [3.63, 3.8) is 0 Å². The van der Waals surface area contributed by atoms with Gasteiger partial charge in [-0.1, -0.05) is 363 Å². The van der Waals surface area contributed by atoms with Crippen molar-refractivity contribution < 1.29 is 80.2 Å². The summed E-state index contributed by atoms with van der Waals surface area (Å²) in [6.07, 6.45) is 59.6. The summed E-state index contributed by atoms with van der Waals surface area (Å²) in [7, 11) is -9.91. The molecule has 0 radical (unpaired) electrons. The van der Waals surface area contributed by atoms with Crippen molar-refractivity contribution in [3.8, 4) is 0 Å². The van der Waals surface area contributed by atoms with E-state index in [9.17, 15) is 43.2 Å². The Morgan fingerprint density at radius 2 is 0.469 bits per heavy atom. The Hall–Kier alpha value is -1.94. The van der Waals surface area contributed by atoms with Gasteiger partial charge in [0.1, 0.15) is 19.3 Å². The van der Waals surface area contributed by atoms with Crippen molar-refractivity contribution in [1.82, 2.24) is 0 Å². The number of rotatable bonds is 78. The molecule has 0 fully saturated rings. The van der Waals surface area contributed by atoms with Crippen LogP contribution in [0.3, 0.4) is 0 Å². The first-order valence-electron chi connectivity index (χ1n) is 41.0. The van der Waals surface area contributed by atoms with Crippen molar-refractivity contribution in [1.29, 1.82) is 0 Å². The van der Waals surface area contributed by atoms with E-state index in [1.807, 2.05) is 0 Å². The van der Waals surface area contributed by atoms with E-state index in [0.29, 0.717) is 25.7 Å². The van der Waals surface area contributed by atoms with Gasteiger partial charge in [0.05, 0.1) is 26.4 Å². The topological polar surface area (TPSA) is 237 Å². The molecule has 0 saturated carbocycles. The molecule has 0 aliphatic heterocycles. The van der Waals surface area contributed by atoms with E-state index in [0.717, 1.165) is 102 Å². The minimum atomic E-state index is -4.96. The minimum Gasteiger partial charge on any atom is -0.462 e. The number of esters is 4. The number of phosphoric acid groups is 2. The van der Waals surface area contributed by atoms with E-state index >= 15 is 0 Å². The van der Waals surface area contributed by atoms with Gasteiger partial charge in [0.2, 0.25) is 0 Å². The third-order valence-electron chi connectivity index (χ3n) is 18.5. The van der Waals surface area contributed by atoms with Crippen LogP contribution in [-0.2, 0) is 65.4 Å². The van der Waals surface area contributed by atoms with Gasteiger partial charge in [-0.15, -0.1) is 0 Å². The molecule has 0 aliphatic carbocycles. The Labute approximate surface area is 600 Å². The van der Waals surface area contributed by atoms with E-state index in [-0.39, 0.29) is 25.7 Å². The number of hydrogen-bond acceptors (Lipinski definition) is 15. The van der Waals surface area contributed by atoms with Gasteiger partial charge >= 0.3 is 39.5 Å². The van der Waals surface area contributed by atoms with Crippen LogP contribution in [0.25, 0.3) is 0 Å². The van der Waals surface area contributed by atoms with Crippen LogP contribution >= 0.6 is 15.6 Å². The second kappa shape index (κ2) is 70.7. The summed E-state index contributed by atoms with van der Waals surface area (Å²) in [4.78, 5) is 72.9. The Bertz CT molecular complexity index is 1890. The first kappa shape index (κ1) is 96.1. The van der Waals surface area contributed by atoms with Gasteiger partial charge in [0.15, 0.2) is 12.2 Å². The van der Waals surface area contributed by atoms with E-state index in [1.54, 1.807) is 0 Å². The number of phosphoric ester groups is 2. The van der Waals surface area contributed by atoms with Gasteiger partial charge in [-0.05, 0) is 37.5 Å². The van der Waals surface area contributed by atoms with E-state index in [4.69, 9.17) is 37.0 Å². The molecule has 0 bridgehead atoms. The lowest BCUT2D eigenvalue weighted by atomic mass is 10.0. The second-order valence-electron chi connectivity index (χ2n) is 29.4. The molecule has 19 heteroatoms. The lowest BCUT2D eigenvalue weighted by Gasteiger charge is -2.21. The lowest BCUT2D eigenvalue weighted by Crippen LogP contribution is -2.30. The second-order valence-corrected chi connectivity index (χ2v) is 32.3. The maximum absolute atomic E-state index is 13.1.